The summed E-state index contributed by atoms with van der Waals surface area (Å²) in [6.45, 7) is 8.17. The topological polar surface area (TPSA) is 87.5 Å². The molecule has 0 unspecified atom stereocenters. The molecule has 8 nitrogen and oxygen atoms in total. The minimum absolute atomic E-state index is 0.0100. The number of aryl methyl sites for hydroxylation is 1. The number of anilines is 1. The Hall–Kier alpha value is -3.16. The number of carbonyl (C=O) groups excluding carboxylic acids is 2. The highest BCUT2D eigenvalue weighted by Gasteiger charge is 2.28. The predicted octanol–water partition coefficient (Wildman–Crippen LogP) is 3.55. The third-order valence-corrected chi connectivity index (χ3v) is 7.07. The van der Waals surface area contributed by atoms with Crippen LogP contribution in [0.2, 0.25) is 0 Å². The number of piperazine rings is 1. The molecule has 4 rings (SSSR count). The molecule has 2 amide bonds. The highest BCUT2D eigenvalue weighted by atomic mass is 16.2. The average molecular weight is 480 g/mol. The molecule has 35 heavy (non-hydrogen) atoms. The molecule has 3 heterocycles. The number of nitrogens with one attached hydrogen (secondary N) is 1. The summed E-state index contributed by atoms with van der Waals surface area (Å²) in [7, 11) is 0. The lowest BCUT2D eigenvalue weighted by molar-refractivity contribution is 0.0744. The Balaban J connectivity index is 1.52. The first-order chi connectivity index (χ1) is 16.8. The number of carbonyl (C=O) groups is 2. The van der Waals surface area contributed by atoms with Crippen LogP contribution >= 0.6 is 0 Å². The van der Waals surface area contributed by atoms with Gasteiger partial charge in [0.15, 0.2) is 0 Å². The van der Waals surface area contributed by atoms with E-state index in [9.17, 15) is 14.4 Å². The van der Waals surface area contributed by atoms with Crippen molar-refractivity contribution in [1.82, 2.24) is 19.8 Å². The molecular formula is C27H37N5O3. The maximum absolute atomic E-state index is 13.4. The Kier molecular flexibility index (Phi) is 7.88. The Morgan fingerprint density at radius 3 is 2.26 bits per heavy atom. The SMILES string of the molecule is Cc1cccc(N2CCN(C(=O)c3cn(C(C)C)cc(C(=O)NC4CCCCCC4)c3=O)CC2)n1. The Bertz CT molecular complexity index is 1110. The molecule has 188 valence electrons. The monoisotopic (exact) mass is 479 g/mol. The summed E-state index contributed by atoms with van der Waals surface area (Å²) in [5.41, 5.74) is 0.584. The zero-order valence-electron chi connectivity index (χ0n) is 21.1. The maximum atomic E-state index is 13.4. The zero-order valence-corrected chi connectivity index (χ0v) is 21.1. The van der Waals surface area contributed by atoms with Gasteiger partial charge in [-0.3, -0.25) is 14.4 Å². The van der Waals surface area contributed by atoms with E-state index in [1.165, 1.54) is 12.8 Å². The zero-order chi connectivity index (χ0) is 24.9. The minimum Gasteiger partial charge on any atom is -0.353 e. The number of amides is 2. The normalized spacial score (nSPS) is 17.4. The van der Waals surface area contributed by atoms with Gasteiger partial charge in [0.1, 0.15) is 16.9 Å². The van der Waals surface area contributed by atoms with Crippen molar-refractivity contribution >= 4 is 17.6 Å². The molecule has 2 aromatic rings. The van der Waals surface area contributed by atoms with Gasteiger partial charge in [-0.1, -0.05) is 31.7 Å². The van der Waals surface area contributed by atoms with Crippen LogP contribution in [0, 0.1) is 6.92 Å². The summed E-state index contributed by atoms with van der Waals surface area (Å²) < 4.78 is 1.80. The van der Waals surface area contributed by atoms with E-state index in [-0.39, 0.29) is 35.0 Å². The number of hydrogen-bond acceptors (Lipinski definition) is 5. The van der Waals surface area contributed by atoms with Gasteiger partial charge in [0.2, 0.25) is 5.43 Å². The van der Waals surface area contributed by atoms with E-state index >= 15 is 0 Å². The van der Waals surface area contributed by atoms with Crippen molar-refractivity contribution in [3.05, 3.63) is 57.6 Å². The molecule has 1 aliphatic carbocycles. The molecule has 0 radical (unpaired) electrons. The Morgan fingerprint density at radius 1 is 0.971 bits per heavy atom. The van der Waals surface area contributed by atoms with Crippen LogP contribution in [-0.2, 0) is 0 Å². The second-order valence-corrected chi connectivity index (χ2v) is 10.0. The van der Waals surface area contributed by atoms with E-state index in [0.29, 0.717) is 26.2 Å². The van der Waals surface area contributed by atoms with Gasteiger partial charge < -0.3 is 19.7 Å². The lowest BCUT2D eigenvalue weighted by atomic mass is 10.1. The van der Waals surface area contributed by atoms with Gasteiger partial charge in [-0.25, -0.2) is 4.98 Å². The van der Waals surface area contributed by atoms with Crippen molar-refractivity contribution in [3.63, 3.8) is 0 Å². The molecule has 1 N–H and O–H groups in total. The van der Waals surface area contributed by atoms with Crippen LogP contribution in [0.4, 0.5) is 5.82 Å². The average Bonchev–Trinajstić information content (AvgIpc) is 3.12. The van der Waals surface area contributed by atoms with E-state index in [1.807, 2.05) is 39.0 Å². The largest absolute Gasteiger partial charge is 0.353 e. The Labute approximate surface area is 207 Å². The number of hydrogen-bond donors (Lipinski definition) is 1. The molecule has 1 saturated carbocycles. The molecule has 2 aliphatic rings. The van der Waals surface area contributed by atoms with Gasteiger partial charge in [0.25, 0.3) is 11.8 Å². The van der Waals surface area contributed by atoms with E-state index in [4.69, 9.17) is 0 Å². The van der Waals surface area contributed by atoms with Gasteiger partial charge in [-0.2, -0.15) is 0 Å². The number of nitrogens with zero attached hydrogens (tertiary/aromatic N) is 4. The minimum atomic E-state index is -0.485. The molecule has 2 fully saturated rings. The van der Waals surface area contributed by atoms with Crippen LogP contribution < -0.4 is 15.6 Å². The highest BCUT2D eigenvalue weighted by molar-refractivity contribution is 5.99. The van der Waals surface area contributed by atoms with Crippen molar-refractivity contribution in [2.75, 3.05) is 31.1 Å². The van der Waals surface area contributed by atoms with E-state index < -0.39 is 5.43 Å². The fourth-order valence-corrected chi connectivity index (χ4v) is 4.91. The van der Waals surface area contributed by atoms with Crippen molar-refractivity contribution < 1.29 is 9.59 Å². The first-order valence-corrected chi connectivity index (χ1v) is 12.9. The predicted molar refractivity (Wildman–Crippen MR) is 137 cm³/mol. The summed E-state index contributed by atoms with van der Waals surface area (Å²) in [6, 6.07) is 6.01. The number of aromatic nitrogens is 2. The molecule has 0 aromatic carbocycles. The van der Waals surface area contributed by atoms with Gasteiger partial charge in [0, 0.05) is 56.4 Å². The van der Waals surface area contributed by atoms with Gasteiger partial charge >= 0.3 is 0 Å². The van der Waals surface area contributed by atoms with Gasteiger partial charge in [0.05, 0.1) is 0 Å². The maximum Gasteiger partial charge on any atom is 0.259 e. The summed E-state index contributed by atoms with van der Waals surface area (Å²) in [5.74, 6) is 0.211. The van der Waals surface area contributed by atoms with Crippen molar-refractivity contribution in [1.29, 1.82) is 0 Å². The van der Waals surface area contributed by atoms with Crippen LogP contribution in [0.15, 0.2) is 35.4 Å². The van der Waals surface area contributed by atoms with Crippen molar-refractivity contribution in [2.24, 2.45) is 0 Å². The van der Waals surface area contributed by atoms with E-state index in [1.54, 1.807) is 21.9 Å². The lowest BCUT2D eigenvalue weighted by Gasteiger charge is -2.35. The van der Waals surface area contributed by atoms with Gasteiger partial charge in [-0.05, 0) is 45.7 Å². The van der Waals surface area contributed by atoms with Crippen molar-refractivity contribution in [3.8, 4) is 0 Å². The molecule has 0 bridgehead atoms. The first-order valence-electron chi connectivity index (χ1n) is 12.9. The van der Waals surface area contributed by atoms with Crippen LogP contribution in [-0.4, -0.2) is 58.5 Å². The summed E-state index contributed by atoms with van der Waals surface area (Å²) in [5, 5.41) is 3.07. The smallest absolute Gasteiger partial charge is 0.259 e. The molecule has 8 heteroatoms. The summed E-state index contributed by atoms with van der Waals surface area (Å²) >= 11 is 0. The molecular weight excluding hydrogens is 442 g/mol. The van der Waals surface area contributed by atoms with Crippen LogP contribution in [0.5, 0.6) is 0 Å². The second-order valence-electron chi connectivity index (χ2n) is 10.0. The molecule has 0 spiro atoms. The molecule has 0 atom stereocenters. The second kappa shape index (κ2) is 11.1. The fraction of sp³-hybridized carbons (Fsp3) is 0.556. The Morgan fingerprint density at radius 2 is 1.63 bits per heavy atom. The van der Waals surface area contributed by atoms with E-state index in [2.05, 4.69) is 15.2 Å². The quantitative estimate of drug-likeness (QED) is 0.663. The third-order valence-electron chi connectivity index (χ3n) is 7.07. The van der Waals surface area contributed by atoms with Crippen molar-refractivity contribution in [2.45, 2.75) is 71.4 Å². The number of rotatable bonds is 5. The standard InChI is InChI=1S/C27H37N5O3/c1-19(2)32-17-22(26(34)29-21-10-6-4-5-7-11-21)25(33)23(18-32)27(35)31-15-13-30(14-16-31)24-12-8-9-20(3)28-24/h8-9,12,17-19,21H,4-7,10-11,13-16H2,1-3H3,(H,29,34). The van der Waals surface area contributed by atoms with Crippen LogP contribution in [0.3, 0.4) is 0 Å². The van der Waals surface area contributed by atoms with Gasteiger partial charge in [-0.15, -0.1) is 0 Å². The summed E-state index contributed by atoms with van der Waals surface area (Å²) in [6.07, 6.45) is 9.61. The first kappa shape index (κ1) is 24.9. The highest BCUT2D eigenvalue weighted by Crippen LogP contribution is 2.19. The third kappa shape index (κ3) is 5.92. The number of pyridine rings is 2. The molecule has 2 aromatic heterocycles. The summed E-state index contributed by atoms with van der Waals surface area (Å²) in [4.78, 5) is 48.4. The van der Waals surface area contributed by atoms with Crippen LogP contribution in [0.1, 0.15) is 84.8 Å². The molecule has 1 saturated heterocycles. The molecule has 1 aliphatic heterocycles. The van der Waals surface area contributed by atoms with Crippen LogP contribution in [0.25, 0.3) is 0 Å². The lowest BCUT2D eigenvalue weighted by Crippen LogP contribution is -2.50. The fourth-order valence-electron chi connectivity index (χ4n) is 4.91. The van der Waals surface area contributed by atoms with E-state index in [0.717, 1.165) is 37.2 Å².